The summed E-state index contributed by atoms with van der Waals surface area (Å²) in [5.41, 5.74) is 5.54. The van der Waals surface area contributed by atoms with Gasteiger partial charge >= 0.3 is 17.9 Å². The van der Waals surface area contributed by atoms with Crippen molar-refractivity contribution in [3.05, 3.63) is 0 Å². The van der Waals surface area contributed by atoms with Crippen LogP contribution in [0.15, 0.2) is 0 Å². The number of aliphatic carboxylic acids is 3. The third-order valence-corrected chi connectivity index (χ3v) is 4.67. The predicted octanol–water partition coefficient (Wildman–Crippen LogP) is -0.716. The van der Waals surface area contributed by atoms with Gasteiger partial charge in [0.15, 0.2) is 0 Å². The summed E-state index contributed by atoms with van der Waals surface area (Å²) in [6, 6.07) is -5.20. The van der Waals surface area contributed by atoms with E-state index >= 15 is 0 Å². The summed E-state index contributed by atoms with van der Waals surface area (Å²) >= 11 is 0. The zero-order valence-corrected chi connectivity index (χ0v) is 19.9. The van der Waals surface area contributed by atoms with Gasteiger partial charge in [0, 0.05) is 6.42 Å². The van der Waals surface area contributed by atoms with E-state index in [0.717, 1.165) is 0 Å². The molecule has 34 heavy (non-hydrogen) atoms. The Kier molecular flexibility index (Phi) is 13.4. The summed E-state index contributed by atoms with van der Waals surface area (Å²) in [5, 5.41) is 34.2. The van der Waals surface area contributed by atoms with Crippen LogP contribution in [0.5, 0.6) is 0 Å². The maximum absolute atomic E-state index is 12.9. The van der Waals surface area contributed by atoms with Gasteiger partial charge in [-0.1, -0.05) is 27.7 Å². The molecule has 4 atom stereocenters. The topological polar surface area (TPSA) is 225 Å². The SMILES string of the molecule is CC(C)CC(NC(=O)C(CCC(=O)O)NC(=O)C(CC(C)C)NC(=O)C(N)CC(=O)O)C(=O)O. The Balaban J connectivity index is 5.59. The molecule has 3 amide bonds. The maximum Gasteiger partial charge on any atom is 0.326 e. The quantitative estimate of drug-likeness (QED) is 0.144. The Bertz CT molecular complexity index is 755. The number of hydrogen-bond acceptors (Lipinski definition) is 7. The van der Waals surface area contributed by atoms with Gasteiger partial charge in [0.2, 0.25) is 17.7 Å². The summed E-state index contributed by atoms with van der Waals surface area (Å²) in [6.45, 7) is 7.06. The normalized spacial score (nSPS) is 14.6. The van der Waals surface area contributed by atoms with Crippen LogP contribution in [-0.2, 0) is 28.8 Å². The van der Waals surface area contributed by atoms with Gasteiger partial charge in [0.25, 0.3) is 0 Å². The third-order valence-electron chi connectivity index (χ3n) is 4.67. The second-order valence-corrected chi connectivity index (χ2v) is 8.92. The first-order valence-corrected chi connectivity index (χ1v) is 11.0. The molecule has 13 heteroatoms. The standard InChI is InChI=1S/C21H36N4O9/c1-10(2)7-14(24-18(30)12(22)9-17(28)29)20(32)23-13(5-6-16(26)27)19(31)25-15(21(33)34)8-11(3)4/h10-15H,5-9,22H2,1-4H3,(H,23,32)(H,24,30)(H,25,31)(H,26,27)(H,28,29)(H,33,34). The molecular weight excluding hydrogens is 452 g/mol. The molecule has 0 aromatic heterocycles. The average Bonchev–Trinajstić information content (AvgIpc) is 2.68. The predicted molar refractivity (Wildman–Crippen MR) is 119 cm³/mol. The van der Waals surface area contributed by atoms with Crippen molar-refractivity contribution in [3.8, 4) is 0 Å². The van der Waals surface area contributed by atoms with Crippen molar-refractivity contribution >= 4 is 35.6 Å². The largest absolute Gasteiger partial charge is 0.481 e. The lowest BCUT2D eigenvalue weighted by atomic mass is 10.0. The van der Waals surface area contributed by atoms with Gasteiger partial charge in [0.1, 0.15) is 18.1 Å². The number of carboxylic acids is 3. The molecule has 0 aliphatic carbocycles. The fourth-order valence-electron chi connectivity index (χ4n) is 3.04. The highest BCUT2D eigenvalue weighted by Gasteiger charge is 2.31. The molecule has 0 aliphatic heterocycles. The lowest BCUT2D eigenvalue weighted by Gasteiger charge is -2.26. The first kappa shape index (κ1) is 30.8. The highest BCUT2D eigenvalue weighted by atomic mass is 16.4. The van der Waals surface area contributed by atoms with Crippen LogP contribution in [0, 0.1) is 11.8 Å². The molecule has 0 aliphatic rings. The number of rotatable bonds is 16. The number of hydrogen-bond donors (Lipinski definition) is 7. The Hall–Kier alpha value is -3.22. The van der Waals surface area contributed by atoms with Crippen LogP contribution in [-0.4, -0.2) is 75.1 Å². The Labute approximate surface area is 197 Å². The summed E-state index contributed by atoms with van der Waals surface area (Å²) in [4.78, 5) is 71.1. The van der Waals surface area contributed by atoms with Crippen molar-refractivity contribution < 1.29 is 44.1 Å². The van der Waals surface area contributed by atoms with Crippen LogP contribution in [0.3, 0.4) is 0 Å². The molecule has 0 rings (SSSR count). The van der Waals surface area contributed by atoms with Crippen molar-refractivity contribution in [1.29, 1.82) is 0 Å². The molecule has 0 aromatic carbocycles. The minimum absolute atomic E-state index is 0.0610. The van der Waals surface area contributed by atoms with Crippen LogP contribution in [0.2, 0.25) is 0 Å². The van der Waals surface area contributed by atoms with E-state index < -0.39 is 72.6 Å². The van der Waals surface area contributed by atoms with Crippen LogP contribution in [0.25, 0.3) is 0 Å². The number of nitrogens with one attached hydrogen (secondary N) is 3. The number of carbonyl (C=O) groups is 6. The highest BCUT2D eigenvalue weighted by Crippen LogP contribution is 2.09. The van der Waals surface area contributed by atoms with E-state index in [9.17, 15) is 33.9 Å². The molecule has 0 spiro atoms. The molecule has 0 saturated heterocycles. The Morgan fingerprint density at radius 2 is 1.12 bits per heavy atom. The van der Waals surface area contributed by atoms with Crippen molar-refractivity contribution in [3.63, 3.8) is 0 Å². The van der Waals surface area contributed by atoms with Gasteiger partial charge in [-0.05, 0) is 31.1 Å². The van der Waals surface area contributed by atoms with E-state index in [4.69, 9.17) is 15.9 Å². The van der Waals surface area contributed by atoms with Crippen molar-refractivity contribution in [2.75, 3.05) is 0 Å². The molecule has 0 bridgehead atoms. The van der Waals surface area contributed by atoms with Gasteiger partial charge in [-0.3, -0.25) is 24.0 Å². The van der Waals surface area contributed by atoms with Crippen LogP contribution >= 0.6 is 0 Å². The van der Waals surface area contributed by atoms with Gasteiger partial charge in [-0.25, -0.2) is 4.79 Å². The minimum atomic E-state index is -1.40. The second kappa shape index (κ2) is 14.8. The maximum atomic E-state index is 12.9. The molecule has 13 nitrogen and oxygen atoms in total. The number of nitrogens with two attached hydrogens (primary N) is 1. The first-order valence-electron chi connectivity index (χ1n) is 11.0. The van der Waals surface area contributed by atoms with Crippen molar-refractivity contribution in [2.24, 2.45) is 17.6 Å². The third kappa shape index (κ3) is 12.7. The van der Waals surface area contributed by atoms with Gasteiger partial charge < -0.3 is 37.0 Å². The lowest BCUT2D eigenvalue weighted by molar-refractivity contribution is -0.143. The van der Waals surface area contributed by atoms with Crippen molar-refractivity contribution in [1.82, 2.24) is 16.0 Å². The molecule has 0 fully saturated rings. The van der Waals surface area contributed by atoms with Crippen molar-refractivity contribution in [2.45, 2.75) is 84.0 Å². The van der Waals surface area contributed by atoms with Crippen LogP contribution in [0.1, 0.15) is 59.8 Å². The monoisotopic (exact) mass is 488 g/mol. The van der Waals surface area contributed by atoms with E-state index in [1.54, 1.807) is 27.7 Å². The smallest absolute Gasteiger partial charge is 0.326 e. The number of carboxylic acid groups (broad SMARTS) is 3. The van der Waals surface area contributed by atoms with E-state index in [1.165, 1.54) is 0 Å². The molecule has 0 aromatic rings. The van der Waals surface area contributed by atoms with Gasteiger partial charge in [-0.2, -0.15) is 0 Å². The molecule has 4 unspecified atom stereocenters. The zero-order chi connectivity index (χ0) is 26.6. The Morgan fingerprint density at radius 1 is 0.676 bits per heavy atom. The molecule has 8 N–H and O–H groups in total. The van der Waals surface area contributed by atoms with Crippen LogP contribution < -0.4 is 21.7 Å². The van der Waals surface area contributed by atoms with E-state index in [2.05, 4.69) is 16.0 Å². The summed E-state index contributed by atoms with van der Waals surface area (Å²) < 4.78 is 0. The van der Waals surface area contributed by atoms with Gasteiger partial charge in [-0.15, -0.1) is 0 Å². The second-order valence-electron chi connectivity index (χ2n) is 8.92. The highest BCUT2D eigenvalue weighted by molar-refractivity contribution is 5.94. The van der Waals surface area contributed by atoms with E-state index in [0.29, 0.717) is 0 Å². The molecule has 0 saturated carbocycles. The fourth-order valence-corrected chi connectivity index (χ4v) is 3.04. The summed E-state index contributed by atoms with van der Waals surface area (Å²) in [6.07, 6.45) is -1.21. The molecule has 194 valence electrons. The first-order chi connectivity index (χ1) is 15.6. The lowest BCUT2D eigenvalue weighted by Crippen LogP contribution is -2.57. The van der Waals surface area contributed by atoms with Crippen LogP contribution in [0.4, 0.5) is 0 Å². The fraction of sp³-hybridized carbons (Fsp3) is 0.714. The Morgan fingerprint density at radius 3 is 1.56 bits per heavy atom. The number of carbonyl (C=O) groups excluding carboxylic acids is 3. The minimum Gasteiger partial charge on any atom is -0.481 e. The molecule has 0 heterocycles. The summed E-state index contributed by atoms with van der Waals surface area (Å²) in [7, 11) is 0. The van der Waals surface area contributed by atoms with E-state index in [1.807, 2.05) is 0 Å². The summed E-state index contributed by atoms with van der Waals surface area (Å²) in [5.74, 6) is -6.52. The average molecular weight is 489 g/mol. The zero-order valence-electron chi connectivity index (χ0n) is 19.9. The molecule has 0 radical (unpaired) electrons. The van der Waals surface area contributed by atoms with E-state index in [-0.39, 0.29) is 31.1 Å². The number of amides is 3. The molecular formula is C21H36N4O9. The van der Waals surface area contributed by atoms with Gasteiger partial charge in [0.05, 0.1) is 12.5 Å².